The minimum absolute atomic E-state index is 0.463. The van der Waals surface area contributed by atoms with Crippen molar-refractivity contribution in [3.8, 4) is 0 Å². The third kappa shape index (κ3) is 5.29. The fourth-order valence-corrected chi connectivity index (χ4v) is 5.31. The fourth-order valence-electron chi connectivity index (χ4n) is 5.31. The summed E-state index contributed by atoms with van der Waals surface area (Å²) in [5.41, 5.74) is 2.48. The van der Waals surface area contributed by atoms with E-state index in [1.807, 2.05) is 7.05 Å². The van der Waals surface area contributed by atoms with Crippen LogP contribution < -0.4 is 10.6 Å². The van der Waals surface area contributed by atoms with Crippen molar-refractivity contribution in [2.45, 2.75) is 89.5 Å². The van der Waals surface area contributed by atoms with E-state index in [0.29, 0.717) is 30.6 Å². The first-order valence-electron chi connectivity index (χ1n) is 11.9. The summed E-state index contributed by atoms with van der Waals surface area (Å²) >= 11 is 0. The second kappa shape index (κ2) is 10.3. The summed E-state index contributed by atoms with van der Waals surface area (Å²) in [4.78, 5) is 7.17. The van der Waals surface area contributed by atoms with Gasteiger partial charge in [-0.25, -0.2) is 0 Å². The molecule has 31 heavy (non-hydrogen) atoms. The van der Waals surface area contributed by atoms with Gasteiger partial charge in [0.2, 0.25) is 0 Å². The van der Waals surface area contributed by atoms with Gasteiger partial charge in [0.25, 0.3) is 0 Å². The van der Waals surface area contributed by atoms with Gasteiger partial charge < -0.3 is 15.2 Å². The Morgan fingerprint density at radius 3 is 2.52 bits per heavy atom. The molecule has 2 aromatic rings. The maximum atomic E-state index is 5.55. The molecule has 0 amide bonds. The first-order valence-corrected chi connectivity index (χ1v) is 11.9. The molecule has 2 fully saturated rings. The normalized spacial score (nSPS) is 24.0. The lowest BCUT2D eigenvalue weighted by atomic mass is 9.96. The largest absolute Gasteiger partial charge is 0.359 e. The minimum Gasteiger partial charge on any atom is -0.359 e. The van der Waals surface area contributed by atoms with E-state index in [1.165, 1.54) is 31.2 Å². The van der Waals surface area contributed by atoms with Crippen LogP contribution >= 0.6 is 0 Å². The SMILES string of the molecule is CCC(CC)c1cc(CNC(=NC)NC2CC3CCC(C2)N3Cc2ccccc2)on1. The summed E-state index contributed by atoms with van der Waals surface area (Å²) in [6.07, 6.45) is 7.13. The van der Waals surface area contributed by atoms with Crippen molar-refractivity contribution in [2.75, 3.05) is 7.05 Å². The maximum absolute atomic E-state index is 5.55. The van der Waals surface area contributed by atoms with Gasteiger partial charge in [-0.15, -0.1) is 0 Å². The van der Waals surface area contributed by atoms with Crippen molar-refractivity contribution in [1.29, 1.82) is 0 Å². The Labute approximate surface area is 186 Å². The Morgan fingerprint density at radius 2 is 1.87 bits per heavy atom. The van der Waals surface area contributed by atoms with Crippen LogP contribution in [0.5, 0.6) is 0 Å². The Morgan fingerprint density at radius 1 is 1.16 bits per heavy atom. The molecule has 1 aromatic carbocycles. The molecule has 2 unspecified atom stereocenters. The lowest BCUT2D eigenvalue weighted by Crippen LogP contribution is -2.52. The molecule has 2 aliphatic heterocycles. The van der Waals surface area contributed by atoms with E-state index < -0.39 is 0 Å². The van der Waals surface area contributed by atoms with E-state index in [2.05, 4.69) is 75.9 Å². The second-order valence-electron chi connectivity index (χ2n) is 9.01. The zero-order valence-corrected chi connectivity index (χ0v) is 19.2. The van der Waals surface area contributed by atoms with Gasteiger partial charge in [-0.05, 0) is 44.1 Å². The highest BCUT2D eigenvalue weighted by atomic mass is 16.5. The number of rotatable bonds is 8. The number of hydrogen-bond acceptors (Lipinski definition) is 4. The zero-order valence-electron chi connectivity index (χ0n) is 19.2. The first kappa shape index (κ1) is 21.9. The summed E-state index contributed by atoms with van der Waals surface area (Å²) in [7, 11) is 1.84. The molecule has 2 aliphatic rings. The molecule has 0 spiro atoms. The monoisotopic (exact) mass is 423 g/mol. The van der Waals surface area contributed by atoms with Crippen molar-refractivity contribution < 1.29 is 4.52 Å². The average molecular weight is 424 g/mol. The van der Waals surface area contributed by atoms with E-state index in [0.717, 1.165) is 36.8 Å². The predicted molar refractivity (Wildman–Crippen MR) is 125 cm³/mol. The van der Waals surface area contributed by atoms with E-state index in [9.17, 15) is 0 Å². The molecule has 6 nitrogen and oxygen atoms in total. The van der Waals surface area contributed by atoms with Crippen LogP contribution in [0, 0.1) is 0 Å². The van der Waals surface area contributed by atoms with Gasteiger partial charge in [-0.1, -0.05) is 49.3 Å². The molecular weight excluding hydrogens is 386 g/mol. The summed E-state index contributed by atoms with van der Waals surface area (Å²) in [5.74, 6) is 2.19. The quantitative estimate of drug-likeness (QED) is 0.485. The number of nitrogens with one attached hydrogen (secondary N) is 2. The Kier molecular flexibility index (Phi) is 7.28. The van der Waals surface area contributed by atoms with Crippen molar-refractivity contribution in [3.05, 3.63) is 53.4 Å². The number of aliphatic imine (C=N–C) groups is 1. The number of nitrogens with zero attached hydrogens (tertiary/aromatic N) is 3. The van der Waals surface area contributed by atoms with E-state index in [4.69, 9.17) is 4.52 Å². The van der Waals surface area contributed by atoms with Crippen LogP contribution in [0.4, 0.5) is 0 Å². The number of piperidine rings is 1. The molecule has 168 valence electrons. The number of fused-ring (bicyclic) bond motifs is 2. The maximum Gasteiger partial charge on any atom is 0.191 e. The molecular formula is C25H37N5O. The van der Waals surface area contributed by atoms with E-state index in [1.54, 1.807) is 0 Å². The third-order valence-electron chi connectivity index (χ3n) is 7.07. The Bertz CT molecular complexity index is 831. The fraction of sp³-hybridized carbons (Fsp3) is 0.600. The molecule has 2 saturated heterocycles. The van der Waals surface area contributed by atoms with Gasteiger partial charge in [0, 0.05) is 43.7 Å². The molecule has 0 saturated carbocycles. The van der Waals surface area contributed by atoms with Crippen molar-refractivity contribution in [1.82, 2.24) is 20.7 Å². The van der Waals surface area contributed by atoms with Crippen LogP contribution in [0.3, 0.4) is 0 Å². The molecule has 1 aromatic heterocycles. The summed E-state index contributed by atoms with van der Waals surface area (Å²) in [6.45, 7) is 6.07. The van der Waals surface area contributed by atoms with Crippen molar-refractivity contribution >= 4 is 5.96 Å². The lowest BCUT2D eigenvalue weighted by molar-refractivity contribution is 0.114. The van der Waals surface area contributed by atoms with Crippen molar-refractivity contribution in [3.63, 3.8) is 0 Å². The van der Waals surface area contributed by atoms with Gasteiger partial charge in [-0.3, -0.25) is 9.89 Å². The van der Waals surface area contributed by atoms with Crippen LogP contribution in [0.2, 0.25) is 0 Å². The predicted octanol–water partition coefficient (Wildman–Crippen LogP) is 4.44. The Hall–Kier alpha value is -2.34. The molecule has 4 rings (SSSR count). The number of benzene rings is 1. The standard InChI is InChI=1S/C25H37N5O/c1-4-19(5-2)24-15-23(31-29-24)16-27-25(26-3)28-20-13-21-11-12-22(14-20)30(21)17-18-9-7-6-8-10-18/h6-10,15,19-22H,4-5,11-14,16-17H2,1-3H3,(H2,26,27,28). The average Bonchev–Trinajstić information content (AvgIpc) is 3.34. The highest BCUT2D eigenvalue weighted by molar-refractivity contribution is 5.79. The summed E-state index contributed by atoms with van der Waals surface area (Å²) < 4.78 is 5.55. The molecule has 2 N–H and O–H groups in total. The second-order valence-corrected chi connectivity index (χ2v) is 9.01. The first-order chi connectivity index (χ1) is 15.2. The molecule has 2 bridgehead atoms. The third-order valence-corrected chi connectivity index (χ3v) is 7.07. The summed E-state index contributed by atoms with van der Waals surface area (Å²) in [5, 5.41) is 11.3. The van der Waals surface area contributed by atoms with Crippen molar-refractivity contribution in [2.24, 2.45) is 4.99 Å². The molecule has 2 atom stereocenters. The lowest BCUT2D eigenvalue weighted by Gasteiger charge is -2.39. The highest BCUT2D eigenvalue weighted by Gasteiger charge is 2.40. The molecule has 6 heteroatoms. The highest BCUT2D eigenvalue weighted by Crippen LogP contribution is 2.36. The smallest absolute Gasteiger partial charge is 0.191 e. The van der Waals surface area contributed by atoms with Crippen LogP contribution in [-0.4, -0.2) is 41.2 Å². The summed E-state index contributed by atoms with van der Waals surface area (Å²) in [6, 6.07) is 14.7. The van der Waals surface area contributed by atoms with Gasteiger partial charge in [-0.2, -0.15) is 0 Å². The van der Waals surface area contributed by atoms with Crippen LogP contribution in [-0.2, 0) is 13.1 Å². The van der Waals surface area contributed by atoms with Crippen LogP contribution in [0.25, 0.3) is 0 Å². The van der Waals surface area contributed by atoms with Gasteiger partial charge in [0.1, 0.15) is 0 Å². The molecule has 0 aliphatic carbocycles. The number of aromatic nitrogens is 1. The van der Waals surface area contributed by atoms with E-state index >= 15 is 0 Å². The molecule has 3 heterocycles. The zero-order chi connectivity index (χ0) is 21.6. The number of hydrogen-bond donors (Lipinski definition) is 2. The van der Waals surface area contributed by atoms with Gasteiger partial charge >= 0.3 is 0 Å². The minimum atomic E-state index is 0.463. The van der Waals surface area contributed by atoms with Crippen LogP contribution in [0.1, 0.15) is 75.3 Å². The van der Waals surface area contributed by atoms with Gasteiger partial charge in [0.05, 0.1) is 12.2 Å². The van der Waals surface area contributed by atoms with Gasteiger partial charge in [0.15, 0.2) is 11.7 Å². The van der Waals surface area contributed by atoms with E-state index in [-0.39, 0.29) is 0 Å². The van der Waals surface area contributed by atoms with Crippen LogP contribution in [0.15, 0.2) is 45.9 Å². The Balaban J connectivity index is 1.28. The topological polar surface area (TPSA) is 65.7 Å². The molecule has 0 radical (unpaired) electrons. The number of guanidine groups is 1.